The van der Waals surface area contributed by atoms with Crippen LogP contribution in [0.25, 0.3) is 0 Å². The first kappa shape index (κ1) is 16.2. The topological polar surface area (TPSA) is 12.0 Å². The minimum Gasteiger partial charge on any atom is -0.377 e. The standard InChI is InChI=1S/C16H15BrClF2N/c1-8-4-12(17)16(7-13(8)18)21-10(3)11-6-14(19)9(2)5-15(11)20/h4-7,10,21H,1-3H3. The highest BCUT2D eigenvalue weighted by Crippen LogP contribution is 2.32. The first-order valence-corrected chi connectivity index (χ1v) is 7.64. The van der Waals surface area contributed by atoms with Crippen LogP contribution in [0, 0.1) is 25.5 Å². The molecule has 0 spiro atoms. The number of hydrogen-bond acceptors (Lipinski definition) is 1. The van der Waals surface area contributed by atoms with Crippen molar-refractivity contribution in [3.8, 4) is 0 Å². The average molecular weight is 375 g/mol. The number of rotatable bonds is 3. The summed E-state index contributed by atoms with van der Waals surface area (Å²) in [6.45, 7) is 5.21. The van der Waals surface area contributed by atoms with Crippen molar-refractivity contribution in [2.75, 3.05) is 5.32 Å². The number of anilines is 1. The quantitative estimate of drug-likeness (QED) is 0.677. The van der Waals surface area contributed by atoms with Gasteiger partial charge in [0.15, 0.2) is 0 Å². The molecule has 0 saturated heterocycles. The zero-order chi connectivity index (χ0) is 15.7. The molecule has 0 aliphatic heterocycles. The van der Waals surface area contributed by atoms with Gasteiger partial charge < -0.3 is 5.32 Å². The van der Waals surface area contributed by atoms with E-state index in [4.69, 9.17) is 11.6 Å². The minimum absolute atomic E-state index is 0.279. The van der Waals surface area contributed by atoms with Crippen LogP contribution in [-0.2, 0) is 0 Å². The van der Waals surface area contributed by atoms with Crippen molar-refractivity contribution in [3.63, 3.8) is 0 Å². The molecule has 21 heavy (non-hydrogen) atoms. The third-order valence-corrected chi connectivity index (χ3v) is 4.43. The number of halogens is 4. The Kier molecular flexibility index (Phi) is 4.89. The molecule has 1 atom stereocenters. The molecule has 0 aliphatic carbocycles. The fourth-order valence-corrected chi connectivity index (χ4v) is 2.80. The van der Waals surface area contributed by atoms with Gasteiger partial charge >= 0.3 is 0 Å². The second-order valence-electron chi connectivity index (χ2n) is 5.07. The second-order valence-corrected chi connectivity index (χ2v) is 6.33. The summed E-state index contributed by atoms with van der Waals surface area (Å²) in [5.74, 6) is -0.843. The van der Waals surface area contributed by atoms with E-state index in [0.29, 0.717) is 10.6 Å². The highest BCUT2D eigenvalue weighted by Gasteiger charge is 2.15. The van der Waals surface area contributed by atoms with E-state index in [2.05, 4.69) is 21.2 Å². The minimum atomic E-state index is -0.428. The Bertz CT molecular complexity index is 688. The maximum atomic E-state index is 14.0. The van der Waals surface area contributed by atoms with E-state index in [9.17, 15) is 8.78 Å². The van der Waals surface area contributed by atoms with Crippen LogP contribution in [0.1, 0.15) is 29.7 Å². The first-order valence-electron chi connectivity index (χ1n) is 6.47. The SMILES string of the molecule is Cc1cc(F)c(C(C)Nc2cc(Cl)c(C)cc2Br)cc1F. The van der Waals surface area contributed by atoms with Gasteiger partial charge in [-0.15, -0.1) is 0 Å². The monoisotopic (exact) mass is 373 g/mol. The highest BCUT2D eigenvalue weighted by atomic mass is 79.9. The van der Waals surface area contributed by atoms with Crippen LogP contribution in [0.5, 0.6) is 0 Å². The zero-order valence-electron chi connectivity index (χ0n) is 11.9. The number of hydrogen-bond donors (Lipinski definition) is 1. The lowest BCUT2D eigenvalue weighted by atomic mass is 10.0. The summed E-state index contributed by atoms with van der Waals surface area (Å²) in [4.78, 5) is 0. The predicted octanol–water partition coefficient (Wildman–Crippen LogP) is 6.17. The Morgan fingerprint density at radius 1 is 1.05 bits per heavy atom. The van der Waals surface area contributed by atoms with Crippen molar-refractivity contribution < 1.29 is 8.78 Å². The molecule has 1 unspecified atom stereocenters. The van der Waals surface area contributed by atoms with Crippen LogP contribution >= 0.6 is 27.5 Å². The summed E-state index contributed by atoms with van der Waals surface area (Å²) in [5, 5.41) is 3.76. The van der Waals surface area contributed by atoms with Crippen LogP contribution in [0.2, 0.25) is 5.02 Å². The van der Waals surface area contributed by atoms with Gasteiger partial charge in [-0.25, -0.2) is 8.78 Å². The van der Waals surface area contributed by atoms with Gasteiger partial charge in [-0.3, -0.25) is 0 Å². The molecule has 5 heteroatoms. The zero-order valence-corrected chi connectivity index (χ0v) is 14.2. The molecule has 0 saturated carbocycles. The van der Waals surface area contributed by atoms with E-state index >= 15 is 0 Å². The molecule has 1 N–H and O–H groups in total. The second kappa shape index (κ2) is 6.32. The summed E-state index contributed by atoms with van der Waals surface area (Å²) in [6, 6.07) is 5.69. The maximum Gasteiger partial charge on any atom is 0.128 e. The predicted molar refractivity (Wildman–Crippen MR) is 87.0 cm³/mol. The van der Waals surface area contributed by atoms with Crippen LogP contribution in [0.15, 0.2) is 28.7 Å². The molecule has 0 aliphatic rings. The van der Waals surface area contributed by atoms with Gasteiger partial charge in [-0.2, -0.15) is 0 Å². The molecular formula is C16H15BrClF2N. The summed E-state index contributed by atoms with van der Waals surface area (Å²) in [5.41, 5.74) is 2.25. The van der Waals surface area contributed by atoms with Crippen LogP contribution in [-0.4, -0.2) is 0 Å². The molecule has 2 aromatic carbocycles. The van der Waals surface area contributed by atoms with Gasteiger partial charge in [0.2, 0.25) is 0 Å². The van der Waals surface area contributed by atoms with Gasteiger partial charge in [-0.05, 0) is 72.1 Å². The van der Waals surface area contributed by atoms with Crippen molar-refractivity contribution in [3.05, 3.63) is 62.1 Å². The van der Waals surface area contributed by atoms with Gasteiger partial charge in [0.1, 0.15) is 11.6 Å². The normalized spacial score (nSPS) is 12.3. The molecule has 0 bridgehead atoms. The Balaban J connectivity index is 2.32. The smallest absolute Gasteiger partial charge is 0.128 e. The summed E-state index contributed by atoms with van der Waals surface area (Å²) < 4.78 is 28.4. The molecule has 2 rings (SSSR count). The van der Waals surface area contributed by atoms with Crippen molar-refractivity contribution in [1.82, 2.24) is 0 Å². The molecule has 0 aromatic heterocycles. The Labute approximate surface area is 136 Å². The molecule has 0 amide bonds. The fourth-order valence-electron chi connectivity index (χ4n) is 2.06. The third kappa shape index (κ3) is 3.55. The Morgan fingerprint density at radius 2 is 1.71 bits per heavy atom. The first-order chi connectivity index (χ1) is 9.79. The molecule has 0 fully saturated rings. The molecule has 2 aromatic rings. The fraction of sp³-hybridized carbons (Fsp3) is 0.250. The van der Waals surface area contributed by atoms with Gasteiger partial charge in [-0.1, -0.05) is 11.6 Å². The lowest BCUT2D eigenvalue weighted by Crippen LogP contribution is -2.10. The van der Waals surface area contributed by atoms with Gasteiger partial charge in [0.25, 0.3) is 0 Å². The average Bonchev–Trinajstić information content (AvgIpc) is 2.40. The number of benzene rings is 2. The molecule has 0 heterocycles. The van der Waals surface area contributed by atoms with Crippen LogP contribution in [0.3, 0.4) is 0 Å². The maximum absolute atomic E-state index is 14.0. The largest absolute Gasteiger partial charge is 0.377 e. The van der Waals surface area contributed by atoms with E-state index in [1.54, 1.807) is 13.0 Å². The highest BCUT2D eigenvalue weighted by molar-refractivity contribution is 9.10. The van der Waals surface area contributed by atoms with Crippen molar-refractivity contribution >= 4 is 33.2 Å². The van der Waals surface area contributed by atoms with Crippen molar-refractivity contribution in [2.24, 2.45) is 0 Å². The third-order valence-electron chi connectivity index (χ3n) is 3.36. The molecular weight excluding hydrogens is 360 g/mol. The lowest BCUT2D eigenvalue weighted by molar-refractivity contribution is 0.571. The molecule has 1 nitrogen and oxygen atoms in total. The van der Waals surface area contributed by atoms with E-state index in [0.717, 1.165) is 15.7 Å². The van der Waals surface area contributed by atoms with E-state index in [-0.39, 0.29) is 5.56 Å². The number of aryl methyl sites for hydroxylation is 2. The van der Waals surface area contributed by atoms with Crippen molar-refractivity contribution in [1.29, 1.82) is 0 Å². The number of nitrogens with one attached hydrogen (secondary N) is 1. The van der Waals surface area contributed by atoms with E-state index in [1.807, 2.05) is 13.0 Å². The molecule has 112 valence electrons. The van der Waals surface area contributed by atoms with Crippen molar-refractivity contribution in [2.45, 2.75) is 26.8 Å². The lowest BCUT2D eigenvalue weighted by Gasteiger charge is -2.19. The van der Waals surface area contributed by atoms with E-state index < -0.39 is 17.7 Å². The Hall–Kier alpha value is -1.13. The van der Waals surface area contributed by atoms with Gasteiger partial charge in [0, 0.05) is 15.1 Å². The molecule has 0 radical (unpaired) electrons. The van der Waals surface area contributed by atoms with Gasteiger partial charge in [0.05, 0.1) is 11.7 Å². The summed E-state index contributed by atoms with van der Waals surface area (Å²) in [7, 11) is 0. The van der Waals surface area contributed by atoms with Crippen LogP contribution < -0.4 is 5.32 Å². The summed E-state index contributed by atoms with van der Waals surface area (Å²) >= 11 is 9.54. The van der Waals surface area contributed by atoms with E-state index in [1.165, 1.54) is 19.1 Å². The Morgan fingerprint density at radius 3 is 2.38 bits per heavy atom. The summed E-state index contributed by atoms with van der Waals surface area (Å²) in [6.07, 6.45) is 0. The van der Waals surface area contributed by atoms with Crippen LogP contribution in [0.4, 0.5) is 14.5 Å².